The SMILES string of the molecule is CC/C=C/CCCCCCCCCCCCCCOC[C@@H]1OC[C@@H](O)[C@H](O)[C@H]1O. The molecule has 0 aromatic heterocycles. The van der Waals surface area contributed by atoms with Crippen LogP contribution in [0.1, 0.15) is 96.8 Å². The highest BCUT2D eigenvalue weighted by Gasteiger charge is 2.37. The maximum atomic E-state index is 9.83. The third-order valence-electron chi connectivity index (χ3n) is 5.70. The summed E-state index contributed by atoms with van der Waals surface area (Å²) >= 11 is 0. The Labute approximate surface area is 178 Å². The number of hydrogen-bond donors (Lipinski definition) is 3. The van der Waals surface area contributed by atoms with E-state index in [0.717, 1.165) is 12.8 Å². The van der Waals surface area contributed by atoms with Gasteiger partial charge in [0.05, 0.1) is 13.2 Å². The van der Waals surface area contributed by atoms with Crippen molar-refractivity contribution >= 4 is 0 Å². The molecule has 1 aliphatic heterocycles. The van der Waals surface area contributed by atoms with Gasteiger partial charge in [-0.15, -0.1) is 0 Å². The summed E-state index contributed by atoms with van der Waals surface area (Å²) < 4.78 is 10.9. The summed E-state index contributed by atoms with van der Waals surface area (Å²) in [6.45, 7) is 3.15. The van der Waals surface area contributed by atoms with E-state index in [1.165, 1.54) is 77.0 Å². The number of allylic oxidation sites excluding steroid dienone is 2. The van der Waals surface area contributed by atoms with Gasteiger partial charge in [-0.05, 0) is 25.7 Å². The smallest absolute Gasteiger partial charge is 0.111 e. The van der Waals surface area contributed by atoms with Crippen LogP contribution in [0.4, 0.5) is 0 Å². The van der Waals surface area contributed by atoms with Gasteiger partial charge in [0.25, 0.3) is 0 Å². The largest absolute Gasteiger partial charge is 0.388 e. The molecule has 0 aliphatic carbocycles. The first kappa shape index (κ1) is 26.6. The molecule has 4 atom stereocenters. The van der Waals surface area contributed by atoms with Crippen molar-refractivity contribution in [2.75, 3.05) is 19.8 Å². The quantitative estimate of drug-likeness (QED) is 0.227. The van der Waals surface area contributed by atoms with Crippen LogP contribution in [0.2, 0.25) is 0 Å². The van der Waals surface area contributed by atoms with Crippen LogP contribution in [-0.4, -0.2) is 59.6 Å². The van der Waals surface area contributed by atoms with Crippen molar-refractivity contribution in [3.05, 3.63) is 12.2 Å². The Morgan fingerprint density at radius 2 is 1.31 bits per heavy atom. The fourth-order valence-electron chi connectivity index (χ4n) is 3.73. The zero-order chi connectivity index (χ0) is 21.2. The van der Waals surface area contributed by atoms with Crippen molar-refractivity contribution < 1.29 is 24.8 Å². The molecule has 1 heterocycles. The number of hydrogen-bond acceptors (Lipinski definition) is 5. The number of aliphatic hydroxyl groups excluding tert-OH is 3. The average Bonchev–Trinajstić information content (AvgIpc) is 2.72. The third kappa shape index (κ3) is 13.5. The molecule has 0 bridgehead atoms. The van der Waals surface area contributed by atoms with Gasteiger partial charge in [0.2, 0.25) is 0 Å². The van der Waals surface area contributed by atoms with Crippen molar-refractivity contribution in [1.29, 1.82) is 0 Å². The van der Waals surface area contributed by atoms with Gasteiger partial charge in [-0.2, -0.15) is 0 Å². The second-order valence-corrected chi connectivity index (χ2v) is 8.41. The summed E-state index contributed by atoms with van der Waals surface area (Å²) in [7, 11) is 0. The molecular weight excluding hydrogens is 368 g/mol. The monoisotopic (exact) mass is 414 g/mol. The number of aliphatic hydroxyl groups is 3. The molecule has 1 saturated heterocycles. The van der Waals surface area contributed by atoms with Gasteiger partial charge in [-0.1, -0.05) is 83.3 Å². The van der Waals surface area contributed by atoms with E-state index in [1.807, 2.05) is 0 Å². The van der Waals surface area contributed by atoms with Crippen LogP contribution < -0.4 is 0 Å². The van der Waals surface area contributed by atoms with Gasteiger partial charge in [-0.25, -0.2) is 0 Å². The summed E-state index contributed by atoms with van der Waals surface area (Å²) in [4.78, 5) is 0. The van der Waals surface area contributed by atoms with E-state index < -0.39 is 24.4 Å². The van der Waals surface area contributed by atoms with E-state index in [0.29, 0.717) is 6.61 Å². The Bertz CT molecular complexity index is 387. The molecule has 0 spiro atoms. The molecule has 1 fully saturated rings. The first-order chi connectivity index (χ1) is 14.2. The van der Waals surface area contributed by atoms with Crippen LogP contribution in [0, 0.1) is 0 Å². The number of rotatable bonds is 18. The fraction of sp³-hybridized carbons (Fsp3) is 0.917. The summed E-state index contributed by atoms with van der Waals surface area (Å²) in [5.41, 5.74) is 0. The Kier molecular flexibility index (Phi) is 16.8. The van der Waals surface area contributed by atoms with E-state index >= 15 is 0 Å². The minimum Gasteiger partial charge on any atom is -0.388 e. The molecule has 0 saturated carbocycles. The van der Waals surface area contributed by atoms with E-state index in [4.69, 9.17) is 9.47 Å². The van der Waals surface area contributed by atoms with Crippen molar-refractivity contribution in [3.8, 4) is 0 Å². The number of unbranched alkanes of at least 4 members (excludes halogenated alkanes) is 12. The maximum Gasteiger partial charge on any atom is 0.111 e. The molecular formula is C24H46O5. The molecule has 0 aromatic carbocycles. The van der Waals surface area contributed by atoms with E-state index in [9.17, 15) is 15.3 Å². The topological polar surface area (TPSA) is 79.2 Å². The summed E-state index contributed by atoms with van der Waals surface area (Å²) in [6.07, 6.45) is 18.9. The third-order valence-corrected chi connectivity index (χ3v) is 5.70. The highest BCUT2D eigenvalue weighted by atomic mass is 16.6. The minimum absolute atomic E-state index is 0.0445. The zero-order valence-electron chi connectivity index (χ0n) is 18.6. The van der Waals surface area contributed by atoms with Gasteiger partial charge in [0, 0.05) is 6.61 Å². The van der Waals surface area contributed by atoms with Crippen LogP contribution in [0.5, 0.6) is 0 Å². The van der Waals surface area contributed by atoms with Crippen molar-refractivity contribution in [2.45, 2.75) is 121 Å². The standard InChI is InChI=1S/C24H46O5/c1-2-3-4-5-6-7-8-9-10-11-12-13-14-15-16-17-18-28-20-22-24(27)23(26)21(25)19-29-22/h3-4,21-27H,2,5-20H2,1H3/b4-3+/t21-,22+,23+,24+/m1/s1. The van der Waals surface area contributed by atoms with Crippen LogP contribution in [0.25, 0.3) is 0 Å². The van der Waals surface area contributed by atoms with Gasteiger partial charge in [0.15, 0.2) is 0 Å². The van der Waals surface area contributed by atoms with E-state index in [-0.39, 0.29) is 13.2 Å². The van der Waals surface area contributed by atoms with E-state index in [2.05, 4.69) is 19.1 Å². The molecule has 5 nitrogen and oxygen atoms in total. The molecule has 1 rings (SSSR count). The minimum atomic E-state index is -1.15. The lowest BCUT2D eigenvalue weighted by Crippen LogP contribution is -2.54. The summed E-state index contributed by atoms with van der Waals surface area (Å²) in [6, 6.07) is 0. The second kappa shape index (κ2) is 18.3. The maximum absolute atomic E-state index is 9.83. The predicted molar refractivity (Wildman–Crippen MR) is 118 cm³/mol. The molecule has 0 amide bonds. The van der Waals surface area contributed by atoms with Crippen LogP contribution in [-0.2, 0) is 9.47 Å². The Morgan fingerprint density at radius 1 is 0.759 bits per heavy atom. The Hall–Kier alpha value is -0.460. The average molecular weight is 415 g/mol. The van der Waals surface area contributed by atoms with Gasteiger partial charge in [-0.3, -0.25) is 0 Å². The molecule has 0 unspecified atom stereocenters. The number of ether oxygens (including phenoxy) is 2. The molecule has 0 radical (unpaired) electrons. The van der Waals surface area contributed by atoms with E-state index in [1.54, 1.807) is 0 Å². The molecule has 3 N–H and O–H groups in total. The highest BCUT2D eigenvalue weighted by Crippen LogP contribution is 2.16. The van der Waals surface area contributed by atoms with Crippen molar-refractivity contribution in [1.82, 2.24) is 0 Å². The Morgan fingerprint density at radius 3 is 1.90 bits per heavy atom. The van der Waals surface area contributed by atoms with Gasteiger partial charge in [0.1, 0.15) is 24.4 Å². The molecule has 5 heteroatoms. The fourth-order valence-corrected chi connectivity index (χ4v) is 3.73. The lowest BCUT2D eigenvalue weighted by molar-refractivity contribution is -0.199. The first-order valence-electron chi connectivity index (χ1n) is 12.0. The zero-order valence-corrected chi connectivity index (χ0v) is 18.6. The van der Waals surface area contributed by atoms with Crippen LogP contribution in [0.3, 0.4) is 0 Å². The van der Waals surface area contributed by atoms with Crippen molar-refractivity contribution in [3.63, 3.8) is 0 Å². The highest BCUT2D eigenvalue weighted by molar-refractivity contribution is 4.86. The Balaban J connectivity index is 1.77. The normalized spacial score (nSPS) is 25.1. The lowest BCUT2D eigenvalue weighted by atomic mass is 10.0. The second-order valence-electron chi connectivity index (χ2n) is 8.41. The van der Waals surface area contributed by atoms with Crippen LogP contribution >= 0.6 is 0 Å². The molecule has 172 valence electrons. The summed E-state index contributed by atoms with van der Waals surface area (Å²) in [5.74, 6) is 0. The molecule has 0 aromatic rings. The van der Waals surface area contributed by atoms with Crippen molar-refractivity contribution in [2.24, 2.45) is 0 Å². The first-order valence-corrected chi connectivity index (χ1v) is 12.0. The lowest BCUT2D eigenvalue weighted by Gasteiger charge is -2.35. The van der Waals surface area contributed by atoms with Crippen LogP contribution in [0.15, 0.2) is 12.2 Å². The predicted octanol–water partition coefficient (Wildman–Crippen LogP) is 4.52. The van der Waals surface area contributed by atoms with Gasteiger partial charge < -0.3 is 24.8 Å². The van der Waals surface area contributed by atoms with Gasteiger partial charge >= 0.3 is 0 Å². The molecule has 29 heavy (non-hydrogen) atoms. The molecule has 1 aliphatic rings. The summed E-state index contributed by atoms with van der Waals surface area (Å²) in [5, 5.41) is 28.9.